The average Bonchev–Trinajstić information content (AvgIpc) is 2.48. The molecule has 0 heterocycles. The fourth-order valence-electron chi connectivity index (χ4n) is 2.11. The van der Waals surface area contributed by atoms with E-state index in [4.69, 9.17) is 4.74 Å². The van der Waals surface area contributed by atoms with Gasteiger partial charge in [-0.25, -0.2) is 0 Å². The molecule has 1 N–H and O–H groups in total. The number of amides is 1. The molecule has 0 radical (unpaired) electrons. The van der Waals surface area contributed by atoms with Gasteiger partial charge in [-0.15, -0.1) is 0 Å². The van der Waals surface area contributed by atoms with Gasteiger partial charge in [-0.3, -0.25) is 4.79 Å². The fraction of sp³-hybridized carbons (Fsp3) is 0.316. The number of rotatable bonds is 5. The van der Waals surface area contributed by atoms with Crippen LogP contribution in [0, 0.1) is 0 Å². The molecule has 0 aliphatic carbocycles. The Morgan fingerprint density at radius 1 is 0.909 bits per heavy atom. The van der Waals surface area contributed by atoms with Crippen molar-refractivity contribution in [2.24, 2.45) is 0 Å². The zero-order valence-corrected chi connectivity index (χ0v) is 13.6. The Bertz CT molecular complexity index is 613. The summed E-state index contributed by atoms with van der Waals surface area (Å²) in [4.78, 5) is 12.2. The zero-order valence-electron chi connectivity index (χ0n) is 13.6. The van der Waals surface area contributed by atoms with E-state index in [-0.39, 0.29) is 12.0 Å². The lowest BCUT2D eigenvalue weighted by molar-refractivity contribution is 0.102. The second-order valence-corrected chi connectivity index (χ2v) is 5.92. The van der Waals surface area contributed by atoms with Crippen LogP contribution in [-0.2, 0) is 0 Å². The molecule has 3 nitrogen and oxygen atoms in total. The largest absolute Gasteiger partial charge is 0.491 e. The molecule has 0 saturated heterocycles. The van der Waals surface area contributed by atoms with Crippen molar-refractivity contribution in [3.8, 4) is 5.75 Å². The second kappa shape index (κ2) is 7.12. The van der Waals surface area contributed by atoms with Crippen molar-refractivity contribution in [1.82, 2.24) is 0 Å². The van der Waals surface area contributed by atoms with Crippen molar-refractivity contribution in [2.75, 3.05) is 5.32 Å². The molecule has 116 valence electrons. The van der Waals surface area contributed by atoms with Crippen LogP contribution in [0.1, 0.15) is 49.5 Å². The molecule has 0 bridgehead atoms. The van der Waals surface area contributed by atoms with Crippen molar-refractivity contribution in [3.05, 3.63) is 59.7 Å². The van der Waals surface area contributed by atoms with E-state index in [2.05, 4.69) is 19.2 Å². The SMILES string of the molecule is CC(C)Oc1ccc(C(=O)Nc2ccc(C(C)C)cc2)cc1. The quantitative estimate of drug-likeness (QED) is 0.856. The van der Waals surface area contributed by atoms with E-state index < -0.39 is 0 Å². The predicted molar refractivity (Wildman–Crippen MR) is 90.7 cm³/mol. The number of nitrogens with one attached hydrogen (secondary N) is 1. The second-order valence-electron chi connectivity index (χ2n) is 5.92. The van der Waals surface area contributed by atoms with Crippen LogP contribution < -0.4 is 10.1 Å². The molecule has 22 heavy (non-hydrogen) atoms. The maximum Gasteiger partial charge on any atom is 0.255 e. The summed E-state index contributed by atoms with van der Waals surface area (Å²) in [6, 6.07) is 15.1. The summed E-state index contributed by atoms with van der Waals surface area (Å²) < 4.78 is 5.57. The molecular weight excluding hydrogens is 274 g/mol. The number of hydrogen-bond acceptors (Lipinski definition) is 2. The van der Waals surface area contributed by atoms with Gasteiger partial charge in [0.15, 0.2) is 0 Å². The first-order chi connectivity index (χ1) is 10.5. The van der Waals surface area contributed by atoms with Gasteiger partial charge in [0.25, 0.3) is 5.91 Å². The molecule has 0 aromatic heterocycles. The van der Waals surface area contributed by atoms with Crippen LogP contribution in [-0.4, -0.2) is 12.0 Å². The monoisotopic (exact) mass is 297 g/mol. The molecule has 0 aliphatic rings. The third-order valence-electron chi connectivity index (χ3n) is 3.32. The third-order valence-corrected chi connectivity index (χ3v) is 3.32. The zero-order chi connectivity index (χ0) is 16.1. The van der Waals surface area contributed by atoms with Gasteiger partial charge in [-0.1, -0.05) is 26.0 Å². The lowest BCUT2D eigenvalue weighted by atomic mass is 10.0. The van der Waals surface area contributed by atoms with E-state index in [1.54, 1.807) is 12.1 Å². The van der Waals surface area contributed by atoms with Crippen LogP contribution in [0.25, 0.3) is 0 Å². The smallest absolute Gasteiger partial charge is 0.255 e. The normalized spacial score (nSPS) is 10.8. The number of benzene rings is 2. The standard InChI is InChI=1S/C19H23NO2/c1-13(2)15-5-9-17(10-6-15)20-19(21)16-7-11-18(12-8-16)22-14(3)4/h5-14H,1-4H3,(H,20,21). The number of anilines is 1. The van der Waals surface area contributed by atoms with Crippen LogP contribution in [0.4, 0.5) is 5.69 Å². The van der Waals surface area contributed by atoms with Crippen LogP contribution in [0.3, 0.4) is 0 Å². The number of ether oxygens (including phenoxy) is 1. The van der Waals surface area contributed by atoms with E-state index in [0.29, 0.717) is 11.5 Å². The van der Waals surface area contributed by atoms with E-state index in [1.807, 2.05) is 50.2 Å². The average molecular weight is 297 g/mol. The van der Waals surface area contributed by atoms with Crippen LogP contribution in [0.5, 0.6) is 5.75 Å². The Labute approximate surface area is 132 Å². The Hall–Kier alpha value is -2.29. The van der Waals surface area contributed by atoms with Gasteiger partial charge in [-0.2, -0.15) is 0 Å². The minimum Gasteiger partial charge on any atom is -0.491 e. The summed E-state index contributed by atoms with van der Waals surface area (Å²) in [7, 11) is 0. The fourth-order valence-corrected chi connectivity index (χ4v) is 2.11. The molecule has 2 aromatic carbocycles. The summed E-state index contributed by atoms with van der Waals surface area (Å²) in [6.07, 6.45) is 0.124. The first-order valence-electron chi connectivity index (χ1n) is 7.63. The highest BCUT2D eigenvalue weighted by Gasteiger charge is 2.07. The van der Waals surface area contributed by atoms with Gasteiger partial charge in [0.1, 0.15) is 5.75 Å². The topological polar surface area (TPSA) is 38.3 Å². The molecule has 0 saturated carbocycles. The summed E-state index contributed by atoms with van der Waals surface area (Å²) in [5, 5.41) is 2.90. The maximum atomic E-state index is 12.2. The van der Waals surface area contributed by atoms with Gasteiger partial charge >= 0.3 is 0 Å². The molecule has 0 spiro atoms. The van der Waals surface area contributed by atoms with Crippen molar-refractivity contribution in [2.45, 2.75) is 39.7 Å². The maximum absolute atomic E-state index is 12.2. The first-order valence-corrected chi connectivity index (χ1v) is 7.63. The molecule has 2 aromatic rings. The van der Waals surface area contributed by atoms with E-state index in [1.165, 1.54) is 5.56 Å². The first kappa shape index (κ1) is 16.1. The lowest BCUT2D eigenvalue weighted by Crippen LogP contribution is -2.12. The number of carbonyl (C=O) groups is 1. The molecule has 3 heteroatoms. The third kappa shape index (κ3) is 4.35. The Balaban J connectivity index is 2.02. The van der Waals surface area contributed by atoms with Crippen molar-refractivity contribution in [1.29, 1.82) is 0 Å². The van der Waals surface area contributed by atoms with E-state index in [9.17, 15) is 4.79 Å². The molecule has 2 rings (SSSR count). The van der Waals surface area contributed by atoms with Crippen LogP contribution >= 0.6 is 0 Å². The molecule has 0 aliphatic heterocycles. The highest BCUT2D eigenvalue weighted by atomic mass is 16.5. The minimum absolute atomic E-state index is 0.117. The number of carbonyl (C=O) groups excluding carboxylic acids is 1. The summed E-state index contributed by atoms with van der Waals surface area (Å²) >= 11 is 0. The Morgan fingerprint density at radius 2 is 1.50 bits per heavy atom. The molecule has 0 unspecified atom stereocenters. The van der Waals surface area contributed by atoms with E-state index >= 15 is 0 Å². The highest BCUT2D eigenvalue weighted by molar-refractivity contribution is 6.04. The van der Waals surface area contributed by atoms with Gasteiger partial charge in [0.05, 0.1) is 6.10 Å². The predicted octanol–water partition coefficient (Wildman–Crippen LogP) is 4.85. The van der Waals surface area contributed by atoms with Crippen molar-refractivity contribution in [3.63, 3.8) is 0 Å². The lowest BCUT2D eigenvalue weighted by Gasteiger charge is -2.11. The molecule has 0 fully saturated rings. The van der Waals surface area contributed by atoms with Crippen LogP contribution in [0.2, 0.25) is 0 Å². The van der Waals surface area contributed by atoms with Crippen LogP contribution in [0.15, 0.2) is 48.5 Å². The van der Waals surface area contributed by atoms with Gasteiger partial charge in [0, 0.05) is 11.3 Å². The molecular formula is C19H23NO2. The summed E-state index contributed by atoms with van der Waals surface area (Å²) in [5.74, 6) is 1.14. The molecule has 0 atom stereocenters. The number of hydrogen-bond donors (Lipinski definition) is 1. The summed E-state index contributed by atoms with van der Waals surface area (Å²) in [6.45, 7) is 8.24. The molecule has 1 amide bonds. The van der Waals surface area contributed by atoms with Crippen molar-refractivity contribution < 1.29 is 9.53 Å². The summed E-state index contributed by atoms with van der Waals surface area (Å²) in [5.41, 5.74) is 2.68. The van der Waals surface area contributed by atoms with Gasteiger partial charge in [-0.05, 0) is 61.7 Å². The van der Waals surface area contributed by atoms with E-state index in [0.717, 1.165) is 11.4 Å². The minimum atomic E-state index is -0.117. The van der Waals surface area contributed by atoms with Gasteiger partial charge < -0.3 is 10.1 Å². The van der Waals surface area contributed by atoms with Crippen molar-refractivity contribution >= 4 is 11.6 Å². The Morgan fingerprint density at radius 3 is 2.00 bits per heavy atom. The van der Waals surface area contributed by atoms with Gasteiger partial charge in [0.2, 0.25) is 0 Å². The Kier molecular flexibility index (Phi) is 5.21. The highest BCUT2D eigenvalue weighted by Crippen LogP contribution is 2.18.